The second-order valence-corrected chi connectivity index (χ2v) is 4.43. The van der Waals surface area contributed by atoms with Crippen LogP contribution in [0.5, 0.6) is 0 Å². The number of nitrogens with zero attached hydrogens (tertiary/aromatic N) is 1. The second-order valence-electron chi connectivity index (χ2n) is 4.02. The van der Waals surface area contributed by atoms with Crippen LogP contribution in [0.15, 0.2) is 18.5 Å². The molecule has 5 heteroatoms. The van der Waals surface area contributed by atoms with Gasteiger partial charge in [0.05, 0.1) is 5.02 Å². The maximum absolute atomic E-state index is 9.18. The van der Waals surface area contributed by atoms with Gasteiger partial charge in [-0.2, -0.15) is 0 Å². The molecule has 0 aromatic carbocycles. The van der Waals surface area contributed by atoms with Gasteiger partial charge in [0.15, 0.2) is 0 Å². The third kappa shape index (κ3) is 3.31. The van der Waals surface area contributed by atoms with E-state index in [0.717, 1.165) is 5.56 Å². The molecular weight excluding hydrogens is 235 g/mol. The van der Waals surface area contributed by atoms with Crippen LogP contribution in [0.4, 0.5) is 0 Å². The molecule has 0 amide bonds. The van der Waals surface area contributed by atoms with E-state index in [2.05, 4.69) is 4.98 Å². The summed E-state index contributed by atoms with van der Waals surface area (Å²) in [6.45, 7) is 3.82. The van der Waals surface area contributed by atoms with Gasteiger partial charge in [0.2, 0.25) is 0 Å². The van der Waals surface area contributed by atoms with Gasteiger partial charge in [-0.05, 0) is 11.6 Å². The van der Waals surface area contributed by atoms with E-state index in [1.165, 1.54) is 0 Å². The molecule has 15 heavy (non-hydrogen) atoms. The van der Waals surface area contributed by atoms with Crippen LogP contribution in [0.1, 0.15) is 25.5 Å². The molecule has 1 aromatic heterocycles. The molecule has 0 aliphatic heterocycles. The molecule has 0 fully saturated rings. The minimum absolute atomic E-state index is 0. The zero-order valence-corrected chi connectivity index (χ0v) is 10.3. The van der Waals surface area contributed by atoms with Gasteiger partial charge < -0.3 is 10.8 Å². The number of rotatable bonds is 3. The lowest BCUT2D eigenvalue weighted by atomic mass is 9.82. The molecule has 0 spiro atoms. The van der Waals surface area contributed by atoms with E-state index in [9.17, 15) is 5.11 Å². The van der Waals surface area contributed by atoms with E-state index in [1.54, 1.807) is 18.5 Å². The average Bonchev–Trinajstić information content (AvgIpc) is 2.17. The summed E-state index contributed by atoms with van der Waals surface area (Å²) in [4.78, 5) is 3.89. The van der Waals surface area contributed by atoms with Crippen LogP contribution in [0, 0.1) is 5.41 Å². The Morgan fingerprint density at radius 3 is 2.67 bits per heavy atom. The van der Waals surface area contributed by atoms with Gasteiger partial charge >= 0.3 is 0 Å². The van der Waals surface area contributed by atoms with Gasteiger partial charge in [-0.1, -0.05) is 25.4 Å². The van der Waals surface area contributed by atoms with Crippen molar-refractivity contribution in [1.82, 2.24) is 4.98 Å². The van der Waals surface area contributed by atoms with Crippen LogP contribution in [0.25, 0.3) is 0 Å². The zero-order valence-electron chi connectivity index (χ0n) is 8.77. The lowest BCUT2D eigenvalue weighted by Crippen LogP contribution is -2.32. The van der Waals surface area contributed by atoms with Crippen molar-refractivity contribution in [3.8, 4) is 0 Å². The zero-order chi connectivity index (χ0) is 10.8. The highest BCUT2D eigenvalue weighted by molar-refractivity contribution is 6.31. The Hall–Kier alpha value is -0.350. The van der Waals surface area contributed by atoms with Crippen LogP contribution in [-0.2, 0) is 0 Å². The quantitative estimate of drug-likeness (QED) is 0.865. The van der Waals surface area contributed by atoms with Gasteiger partial charge in [0, 0.05) is 30.5 Å². The van der Waals surface area contributed by atoms with E-state index in [4.69, 9.17) is 17.3 Å². The second kappa shape index (κ2) is 5.66. The normalized spacial score (nSPS) is 13.1. The molecular formula is C10H16Cl2N2O. The molecule has 0 saturated heterocycles. The van der Waals surface area contributed by atoms with Crippen LogP contribution in [0.2, 0.25) is 5.02 Å². The molecule has 0 bridgehead atoms. The molecule has 1 atom stereocenters. The van der Waals surface area contributed by atoms with Crippen LogP contribution in [-0.4, -0.2) is 16.7 Å². The molecule has 0 saturated carbocycles. The molecule has 1 heterocycles. The number of hydrogen-bond donors (Lipinski definition) is 2. The first-order valence-corrected chi connectivity index (χ1v) is 4.82. The Balaban J connectivity index is 0.00000196. The predicted octanol–water partition coefficient (Wildman–Crippen LogP) is 2.18. The monoisotopic (exact) mass is 250 g/mol. The van der Waals surface area contributed by atoms with Crippen LogP contribution < -0.4 is 5.73 Å². The summed E-state index contributed by atoms with van der Waals surface area (Å²) in [5.74, 6) is 0. The van der Waals surface area contributed by atoms with Crippen LogP contribution in [0.3, 0.4) is 0 Å². The molecule has 0 aliphatic rings. The minimum Gasteiger partial charge on any atom is -0.396 e. The summed E-state index contributed by atoms with van der Waals surface area (Å²) in [6.07, 6.45) is 3.21. The Morgan fingerprint density at radius 1 is 1.60 bits per heavy atom. The number of aliphatic hydroxyl groups is 1. The standard InChI is InChI=1S/C10H15ClN2O.ClH/c1-10(2,6-14)9(12)7-3-4-13-5-8(7)11;/h3-5,9,14H,6,12H2,1-2H3;1H/t9-;/m1./s1. The summed E-state index contributed by atoms with van der Waals surface area (Å²) in [5, 5.41) is 9.72. The Bertz CT molecular complexity index is 318. The molecule has 3 N–H and O–H groups in total. The van der Waals surface area contributed by atoms with Gasteiger partial charge in [0.25, 0.3) is 0 Å². The van der Waals surface area contributed by atoms with E-state index >= 15 is 0 Å². The van der Waals surface area contributed by atoms with E-state index < -0.39 is 0 Å². The van der Waals surface area contributed by atoms with Crippen molar-refractivity contribution in [3.05, 3.63) is 29.0 Å². The van der Waals surface area contributed by atoms with Gasteiger partial charge in [-0.25, -0.2) is 0 Å². The van der Waals surface area contributed by atoms with E-state index in [0.29, 0.717) is 5.02 Å². The maximum Gasteiger partial charge on any atom is 0.0637 e. The van der Waals surface area contributed by atoms with Crippen molar-refractivity contribution in [3.63, 3.8) is 0 Å². The summed E-state index contributed by atoms with van der Waals surface area (Å²) in [6, 6.07) is 1.49. The number of aromatic nitrogens is 1. The molecule has 1 rings (SSSR count). The Morgan fingerprint density at radius 2 is 2.20 bits per heavy atom. The number of aliphatic hydroxyl groups excluding tert-OH is 1. The number of nitrogens with two attached hydrogens (primary N) is 1. The lowest BCUT2D eigenvalue weighted by molar-refractivity contribution is 0.132. The van der Waals surface area contributed by atoms with Crippen molar-refractivity contribution in [1.29, 1.82) is 0 Å². The molecule has 0 aliphatic carbocycles. The number of pyridine rings is 1. The third-order valence-electron chi connectivity index (χ3n) is 2.39. The fraction of sp³-hybridized carbons (Fsp3) is 0.500. The fourth-order valence-corrected chi connectivity index (χ4v) is 1.39. The van der Waals surface area contributed by atoms with Crippen molar-refractivity contribution < 1.29 is 5.11 Å². The van der Waals surface area contributed by atoms with Crippen molar-refractivity contribution >= 4 is 24.0 Å². The lowest BCUT2D eigenvalue weighted by Gasteiger charge is -2.30. The predicted molar refractivity (Wildman–Crippen MR) is 64.3 cm³/mol. The maximum atomic E-state index is 9.18. The number of halogens is 2. The molecule has 0 radical (unpaired) electrons. The Labute approximate surface area is 101 Å². The summed E-state index contributed by atoms with van der Waals surface area (Å²) in [5.41, 5.74) is 6.45. The highest BCUT2D eigenvalue weighted by Gasteiger charge is 2.28. The van der Waals surface area contributed by atoms with Crippen molar-refractivity contribution in [2.24, 2.45) is 11.1 Å². The third-order valence-corrected chi connectivity index (χ3v) is 2.70. The molecule has 1 aromatic rings. The van der Waals surface area contributed by atoms with Crippen molar-refractivity contribution in [2.75, 3.05) is 6.61 Å². The first-order chi connectivity index (χ1) is 6.49. The highest BCUT2D eigenvalue weighted by Crippen LogP contribution is 2.33. The first-order valence-electron chi connectivity index (χ1n) is 4.45. The van der Waals surface area contributed by atoms with Gasteiger partial charge in [0.1, 0.15) is 0 Å². The summed E-state index contributed by atoms with van der Waals surface area (Å²) in [7, 11) is 0. The topological polar surface area (TPSA) is 59.1 Å². The first kappa shape index (κ1) is 14.6. The average molecular weight is 251 g/mol. The SMILES string of the molecule is CC(C)(CO)[C@H](N)c1ccncc1Cl.Cl. The molecule has 3 nitrogen and oxygen atoms in total. The largest absolute Gasteiger partial charge is 0.396 e. The molecule has 86 valence electrons. The van der Waals surface area contributed by atoms with Gasteiger partial charge in [-0.3, -0.25) is 4.98 Å². The Kier molecular flexibility index (Phi) is 5.53. The van der Waals surface area contributed by atoms with Gasteiger partial charge in [-0.15, -0.1) is 12.4 Å². The van der Waals surface area contributed by atoms with E-state index in [-0.39, 0.29) is 30.5 Å². The van der Waals surface area contributed by atoms with Crippen LogP contribution >= 0.6 is 24.0 Å². The smallest absolute Gasteiger partial charge is 0.0637 e. The fourth-order valence-electron chi connectivity index (χ4n) is 1.16. The highest BCUT2D eigenvalue weighted by atomic mass is 35.5. The van der Waals surface area contributed by atoms with E-state index in [1.807, 2.05) is 13.8 Å². The molecule has 0 unspecified atom stereocenters. The summed E-state index contributed by atoms with van der Waals surface area (Å²) >= 11 is 5.96. The van der Waals surface area contributed by atoms with Crippen molar-refractivity contribution in [2.45, 2.75) is 19.9 Å². The summed E-state index contributed by atoms with van der Waals surface area (Å²) < 4.78 is 0. The minimum atomic E-state index is -0.384. The number of hydrogen-bond acceptors (Lipinski definition) is 3.